The van der Waals surface area contributed by atoms with E-state index in [1.807, 2.05) is 0 Å². The summed E-state index contributed by atoms with van der Waals surface area (Å²) in [6.45, 7) is 9.61. The summed E-state index contributed by atoms with van der Waals surface area (Å²) in [6.07, 6.45) is 8.30. The maximum atomic E-state index is 2.59. The van der Waals surface area contributed by atoms with Gasteiger partial charge in [0.05, 0.1) is 0 Å². The van der Waals surface area contributed by atoms with E-state index in [9.17, 15) is 0 Å². The fourth-order valence-electron chi connectivity index (χ4n) is 5.17. The molecule has 0 spiro atoms. The first-order chi connectivity index (χ1) is 7.00. The SMILES string of the molecule is CC(C)=CCC[C@@]1(C)C2C[C@@H]3[C@@H](C2)C31C. The molecule has 0 aromatic carbocycles. The Balaban J connectivity index is 1.73. The first-order valence-corrected chi connectivity index (χ1v) is 6.63. The maximum Gasteiger partial charge on any atom is -0.0207 e. The molecule has 0 heteroatoms. The Morgan fingerprint density at radius 3 is 2.20 bits per heavy atom. The Morgan fingerprint density at radius 2 is 1.80 bits per heavy atom. The maximum absolute atomic E-state index is 2.59. The summed E-state index contributed by atoms with van der Waals surface area (Å²) in [5, 5.41) is 0. The van der Waals surface area contributed by atoms with Gasteiger partial charge in [-0.3, -0.25) is 0 Å². The van der Waals surface area contributed by atoms with Crippen LogP contribution in [0.5, 0.6) is 0 Å². The highest BCUT2D eigenvalue weighted by molar-refractivity contribution is 5.28. The molecule has 0 heterocycles. The van der Waals surface area contributed by atoms with Crippen LogP contribution in [0, 0.1) is 28.6 Å². The third kappa shape index (κ3) is 0.990. The number of hydrogen-bond acceptors (Lipinski definition) is 0. The quantitative estimate of drug-likeness (QED) is 0.597. The second-order valence-electron chi connectivity index (χ2n) is 6.90. The van der Waals surface area contributed by atoms with Gasteiger partial charge in [0.2, 0.25) is 0 Å². The topological polar surface area (TPSA) is 0 Å². The lowest BCUT2D eigenvalue weighted by Gasteiger charge is -2.34. The van der Waals surface area contributed by atoms with Crippen LogP contribution in [0.3, 0.4) is 0 Å². The van der Waals surface area contributed by atoms with Crippen LogP contribution in [0.2, 0.25) is 0 Å². The summed E-state index contributed by atoms with van der Waals surface area (Å²) in [5.41, 5.74) is 2.93. The van der Waals surface area contributed by atoms with Crippen molar-refractivity contribution >= 4 is 0 Å². The van der Waals surface area contributed by atoms with Gasteiger partial charge >= 0.3 is 0 Å². The second-order valence-corrected chi connectivity index (χ2v) is 6.90. The van der Waals surface area contributed by atoms with Gasteiger partial charge in [-0.15, -0.1) is 0 Å². The second kappa shape index (κ2) is 2.70. The molecule has 0 aromatic heterocycles. The van der Waals surface area contributed by atoms with Gasteiger partial charge < -0.3 is 0 Å². The molecule has 4 rings (SSSR count). The molecule has 3 atom stereocenters. The van der Waals surface area contributed by atoms with E-state index >= 15 is 0 Å². The van der Waals surface area contributed by atoms with Gasteiger partial charge in [-0.2, -0.15) is 0 Å². The summed E-state index contributed by atoms with van der Waals surface area (Å²) in [7, 11) is 0. The highest BCUT2D eigenvalue weighted by Crippen LogP contribution is 2.86. The fraction of sp³-hybridized carbons (Fsp3) is 0.867. The molecule has 4 fully saturated rings. The van der Waals surface area contributed by atoms with E-state index in [1.54, 1.807) is 12.8 Å². The molecule has 4 saturated carbocycles. The number of rotatable bonds is 3. The van der Waals surface area contributed by atoms with E-state index in [0.29, 0.717) is 5.41 Å². The van der Waals surface area contributed by atoms with Gasteiger partial charge in [0.25, 0.3) is 0 Å². The van der Waals surface area contributed by atoms with E-state index in [4.69, 9.17) is 0 Å². The molecule has 0 N–H and O–H groups in total. The Kier molecular flexibility index (Phi) is 1.79. The Labute approximate surface area is 94.1 Å². The molecule has 15 heavy (non-hydrogen) atoms. The van der Waals surface area contributed by atoms with Crippen LogP contribution in [0.1, 0.15) is 53.4 Å². The standard InChI is InChI=1S/C15H24/c1-10(2)6-5-7-14(3)11-8-12-13(9-11)15(12,14)4/h6,11-13H,5,7-9H2,1-4H3/t11?,12-,13-,14+,15?/m1/s1. The zero-order chi connectivity index (χ0) is 10.8. The molecule has 84 valence electrons. The average molecular weight is 204 g/mol. The molecule has 0 aromatic rings. The van der Waals surface area contributed by atoms with E-state index < -0.39 is 0 Å². The third-order valence-electron chi connectivity index (χ3n) is 6.34. The molecular formula is C15H24. The Bertz CT molecular complexity index is 309. The van der Waals surface area contributed by atoms with Crippen molar-refractivity contribution in [2.24, 2.45) is 28.6 Å². The zero-order valence-corrected chi connectivity index (χ0v) is 10.6. The summed E-state index contributed by atoms with van der Waals surface area (Å²) < 4.78 is 0. The van der Waals surface area contributed by atoms with Crippen LogP contribution < -0.4 is 0 Å². The molecule has 4 aliphatic carbocycles. The van der Waals surface area contributed by atoms with Crippen LogP contribution in [0.15, 0.2) is 11.6 Å². The van der Waals surface area contributed by atoms with Crippen LogP contribution in [0.4, 0.5) is 0 Å². The molecule has 0 nitrogen and oxygen atoms in total. The van der Waals surface area contributed by atoms with Crippen molar-refractivity contribution < 1.29 is 0 Å². The summed E-state index contributed by atoms with van der Waals surface area (Å²) in [5.74, 6) is 3.32. The molecule has 4 aliphatic rings. The Hall–Kier alpha value is -0.260. The smallest absolute Gasteiger partial charge is 0.0207 e. The monoisotopic (exact) mass is 204 g/mol. The fourth-order valence-corrected chi connectivity index (χ4v) is 5.17. The predicted octanol–water partition coefficient (Wildman–Crippen LogP) is 4.42. The highest BCUT2D eigenvalue weighted by atomic mass is 14.8. The third-order valence-corrected chi connectivity index (χ3v) is 6.34. The van der Waals surface area contributed by atoms with E-state index in [1.165, 1.54) is 18.4 Å². The average Bonchev–Trinajstić information content (AvgIpc) is 2.53. The molecule has 0 amide bonds. The lowest BCUT2D eigenvalue weighted by Crippen LogP contribution is -2.26. The predicted molar refractivity (Wildman–Crippen MR) is 64.6 cm³/mol. The van der Waals surface area contributed by atoms with Gasteiger partial charge in [0.15, 0.2) is 0 Å². The van der Waals surface area contributed by atoms with Crippen LogP contribution in [0.25, 0.3) is 0 Å². The van der Waals surface area contributed by atoms with Gasteiger partial charge in [-0.25, -0.2) is 0 Å². The largest absolute Gasteiger partial charge is 0.0859 e. The highest BCUT2D eigenvalue weighted by Gasteiger charge is 2.80. The van der Waals surface area contributed by atoms with Gasteiger partial charge in [-0.1, -0.05) is 25.5 Å². The van der Waals surface area contributed by atoms with Gasteiger partial charge in [0.1, 0.15) is 0 Å². The minimum absolute atomic E-state index is 0.689. The van der Waals surface area contributed by atoms with Crippen molar-refractivity contribution in [1.29, 1.82) is 0 Å². The van der Waals surface area contributed by atoms with Gasteiger partial charge in [-0.05, 0) is 68.1 Å². The van der Waals surface area contributed by atoms with Crippen LogP contribution in [-0.4, -0.2) is 0 Å². The van der Waals surface area contributed by atoms with Crippen molar-refractivity contribution in [1.82, 2.24) is 0 Å². The first kappa shape index (κ1) is 9.93. The molecule has 0 unspecified atom stereocenters. The van der Waals surface area contributed by atoms with Crippen molar-refractivity contribution in [2.45, 2.75) is 53.4 Å². The van der Waals surface area contributed by atoms with Crippen LogP contribution in [-0.2, 0) is 0 Å². The minimum Gasteiger partial charge on any atom is -0.0859 e. The zero-order valence-electron chi connectivity index (χ0n) is 10.6. The molecular weight excluding hydrogens is 180 g/mol. The summed E-state index contributed by atoms with van der Waals surface area (Å²) >= 11 is 0. The Morgan fingerprint density at radius 1 is 1.20 bits per heavy atom. The molecule has 0 radical (unpaired) electrons. The lowest BCUT2D eigenvalue weighted by molar-refractivity contribution is 0.155. The summed E-state index contributed by atoms with van der Waals surface area (Å²) in [4.78, 5) is 0. The first-order valence-electron chi connectivity index (χ1n) is 6.63. The van der Waals surface area contributed by atoms with Crippen LogP contribution >= 0.6 is 0 Å². The van der Waals surface area contributed by atoms with E-state index in [0.717, 1.165) is 23.2 Å². The van der Waals surface area contributed by atoms with Crippen molar-refractivity contribution in [2.75, 3.05) is 0 Å². The van der Waals surface area contributed by atoms with Gasteiger partial charge in [0, 0.05) is 0 Å². The number of allylic oxidation sites excluding steroid dienone is 2. The normalized spacial score (nSPS) is 54.5. The minimum atomic E-state index is 0.689. The summed E-state index contributed by atoms with van der Waals surface area (Å²) in [6, 6.07) is 0. The van der Waals surface area contributed by atoms with Crippen molar-refractivity contribution in [3.8, 4) is 0 Å². The molecule has 4 bridgehead atoms. The van der Waals surface area contributed by atoms with E-state index in [2.05, 4.69) is 33.8 Å². The van der Waals surface area contributed by atoms with E-state index in [-0.39, 0.29) is 0 Å². The molecule has 0 aliphatic heterocycles. The van der Waals surface area contributed by atoms with Crippen molar-refractivity contribution in [3.05, 3.63) is 11.6 Å². The lowest BCUT2D eigenvalue weighted by atomic mass is 9.71. The molecule has 0 saturated heterocycles. The van der Waals surface area contributed by atoms with Crippen molar-refractivity contribution in [3.63, 3.8) is 0 Å². The number of hydrogen-bond donors (Lipinski definition) is 0.